The average molecular weight is 754 g/mol. The van der Waals surface area contributed by atoms with E-state index in [1.54, 1.807) is 0 Å². The zero-order chi connectivity index (χ0) is 39.2. The molecule has 0 aliphatic heterocycles. The quantitative estimate of drug-likeness (QED) is 0.113. The van der Waals surface area contributed by atoms with E-state index >= 15 is 0 Å². The second-order valence-electron chi connectivity index (χ2n) is 15.2. The molecule has 2 nitrogen and oxygen atoms in total. The van der Waals surface area contributed by atoms with Crippen molar-refractivity contribution in [1.29, 1.82) is 0 Å². The number of para-hydroxylation sites is 3. The Morgan fingerprint density at radius 1 is 0.339 bits per heavy atom. The summed E-state index contributed by atoms with van der Waals surface area (Å²) in [4.78, 5) is 2.35. The number of fused-ring (bicyclic) bond motifs is 6. The number of anilines is 3. The summed E-state index contributed by atoms with van der Waals surface area (Å²) in [5.41, 5.74) is 11.4. The van der Waals surface area contributed by atoms with Gasteiger partial charge in [0.1, 0.15) is 11.2 Å². The standard InChI is InChI=1S/C57H39NO/c1-4-18-42(19-5-1)57(43-20-6-2-7-21-43,54-29-16-28-52-51-27-14-15-30-55(51)59-56(52)54)44-33-37-47(38-34-44)58(45-22-8-3-9-23-45)46-35-31-40(32-36-46)53-39-41-17-10-11-24-48(41)49-25-12-13-26-50(49)53/h1-39H. The van der Waals surface area contributed by atoms with Crippen molar-refractivity contribution in [2.24, 2.45) is 0 Å². The molecule has 0 radical (unpaired) electrons. The first-order valence-corrected chi connectivity index (χ1v) is 20.3. The third-order valence-corrected chi connectivity index (χ3v) is 12.0. The van der Waals surface area contributed by atoms with E-state index in [-0.39, 0.29) is 0 Å². The summed E-state index contributed by atoms with van der Waals surface area (Å²) in [5.74, 6) is 0. The summed E-state index contributed by atoms with van der Waals surface area (Å²) >= 11 is 0. The lowest BCUT2D eigenvalue weighted by atomic mass is 9.65. The molecule has 1 aromatic heterocycles. The van der Waals surface area contributed by atoms with E-state index in [1.807, 2.05) is 6.07 Å². The normalized spacial score (nSPS) is 11.7. The SMILES string of the molecule is c1ccc(N(c2ccc(-c3cc4ccccc4c4ccccc34)cc2)c2ccc(C(c3ccccc3)(c3ccccc3)c3cccc4c3oc3ccccc34)cc2)cc1. The predicted molar refractivity (Wildman–Crippen MR) is 247 cm³/mol. The monoisotopic (exact) mass is 753 g/mol. The molecule has 0 aliphatic carbocycles. The van der Waals surface area contributed by atoms with Crippen molar-refractivity contribution >= 4 is 60.5 Å². The van der Waals surface area contributed by atoms with Crippen molar-refractivity contribution in [2.75, 3.05) is 4.90 Å². The van der Waals surface area contributed by atoms with Crippen LogP contribution in [-0.4, -0.2) is 0 Å². The highest BCUT2D eigenvalue weighted by Crippen LogP contribution is 2.49. The van der Waals surface area contributed by atoms with Gasteiger partial charge in [0, 0.05) is 33.4 Å². The van der Waals surface area contributed by atoms with Crippen molar-refractivity contribution in [1.82, 2.24) is 0 Å². The molecule has 59 heavy (non-hydrogen) atoms. The third kappa shape index (κ3) is 5.72. The minimum atomic E-state index is -0.684. The first-order valence-electron chi connectivity index (χ1n) is 20.3. The van der Waals surface area contributed by atoms with E-state index in [9.17, 15) is 0 Å². The van der Waals surface area contributed by atoms with Crippen LogP contribution in [0.25, 0.3) is 54.6 Å². The van der Waals surface area contributed by atoms with Crippen LogP contribution < -0.4 is 4.90 Å². The number of benzene rings is 10. The van der Waals surface area contributed by atoms with Crippen LogP contribution in [0.5, 0.6) is 0 Å². The zero-order valence-corrected chi connectivity index (χ0v) is 32.4. The first-order chi connectivity index (χ1) is 29.3. The molecule has 10 aromatic carbocycles. The van der Waals surface area contributed by atoms with Crippen molar-refractivity contribution in [3.8, 4) is 11.1 Å². The van der Waals surface area contributed by atoms with Crippen LogP contribution in [0, 0.1) is 0 Å². The van der Waals surface area contributed by atoms with Gasteiger partial charge in [-0.2, -0.15) is 0 Å². The van der Waals surface area contributed by atoms with Gasteiger partial charge in [-0.3, -0.25) is 0 Å². The number of nitrogens with zero attached hydrogens (tertiary/aromatic N) is 1. The first kappa shape index (κ1) is 34.6. The molecule has 0 saturated heterocycles. The minimum Gasteiger partial charge on any atom is -0.456 e. The molecule has 0 fully saturated rings. The fourth-order valence-corrected chi connectivity index (χ4v) is 9.35. The lowest BCUT2D eigenvalue weighted by Crippen LogP contribution is -2.31. The maximum atomic E-state index is 6.81. The Morgan fingerprint density at radius 3 is 1.51 bits per heavy atom. The van der Waals surface area contributed by atoms with Crippen LogP contribution in [0.4, 0.5) is 17.1 Å². The molecule has 0 atom stereocenters. The molecule has 0 amide bonds. The third-order valence-electron chi connectivity index (χ3n) is 12.0. The Bertz CT molecular complexity index is 3200. The summed E-state index contributed by atoms with van der Waals surface area (Å²) < 4.78 is 6.81. The molecule has 2 heteroatoms. The van der Waals surface area contributed by atoms with Gasteiger partial charge in [-0.25, -0.2) is 0 Å². The van der Waals surface area contributed by atoms with Gasteiger partial charge < -0.3 is 9.32 Å². The molecule has 1 heterocycles. The molecule has 11 aromatic rings. The summed E-state index contributed by atoms with van der Waals surface area (Å²) in [6, 6.07) is 85.3. The van der Waals surface area contributed by atoms with E-state index in [2.05, 4.69) is 235 Å². The lowest BCUT2D eigenvalue weighted by molar-refractivity contribution is 0.645. The molecule has 278 valence electrons. The van der Waals surface area contributed by atoms with Crippen molar-refractivity contribution in [2.45, 2.75) is 5.41 Å². The molecule has 0 N–H and O–H groups in total. The largest absolute Gasteiger partial charge is 0.456 e. The van der Waals surface area contributed by atoms with Gasteiger partial charge in [0.2, 0.25) is 0 Å². The van der Waals surface area contributed by atoms with E-state index < -0.39 is 5.41 Å². The van der Waals surface area contributed by atoms with Crippen LogP contribution in [0.15, 0.2) is 241 Å². The highest BCUT2D eigenvalue weighted by molar-refractivity contribution is 6.14. The van der Waals surface area contributed by atoms with Gasteiger partial charge >= 0.3 is 0 Å². The van der Waals surface area contributed by atoms with E-state index in [4.69, 9.17) is 4.42 Å². The zero-order valence-electron chi connectivity index (χ0n) is 32.4. The van der Waals surface area contributed by atoms with Crippen molar-refractivity contribution in [3.63, 3.8) is 0 Å². The summed E-state index contributed by atoms with van der Waals surface area (Å²) in [6.07, 6.45) is 0. The van der Waals surface area contributed by atoms with Crippen LogP contribution in [-0.2, 0) is 5.41 Å². The smallest absolute Gasteiger partial charge is 0.140 e. The topological polar surface area (TPSA) is 16.4 Å². The van der Waals surface area contributed by atoms with Gasteiger partial charge in [-0.1, -0.05) is 188 Å². The Hall–Kier alpha value is -7.68. The van der Waals surface area contributed by atoms with E-state index in [0.717, 1.165) is 50.1 Å². The average Bonchev–Trinajstić information content (AvgIpc) is 3.70. The Labute approximate surface area is 343 Å². The van der Waals surface area contributed by atoms with Gasteiger partial charge in [0.05, 0.1) is 5.41 Å². The van der Waals surface area contributed by atoms with Gasteiger partial charge in [-0.05, 0) is 97.9 Å². The van der Waals surface area contributed by atoms with Gasteiger partial charge in [0.15, 0.2) is 0 Å². The Kier molecular flexibility index (Phi) is 8.41. The lowest BCUT2D eigenvalue weighted by Gasteiger charge is -2.37. The summed E-state index contributed by atoms with van der Waals surface area (Å²) in [7, 11) is 0. The van der Waals surface area contributed by atoms with Crippen LogP contribution >= 0.6 is 0 Å². The Morgan fingerprint density at radius 2 is 0.831 bits per heavy atom. The summed E-state index contributed by atoms with van der Waals surface area (Å²) in [5, 5.41) is 7.28. The maximum absolute atomic E-state index is 6.81. The fraction of sp³-hybridized carbons (Fsp3) is 0.0175. The number of hydrogen-bond donors (Lipinski definition) is 0. The van der Waals surface area contributed by atoms with Crippen LogP contribution in [0.1, 0.15) is 22.3 Å². The molecular weight excluding hydrogens is 715 g/mol. The molecular formula is C57H39NO. The molecule has 0 spiro atoms. The Balaban J connectivity index is 1.08. The number of rotatable bonds is 8. The molecule has 0 unspecified atom stereocenters. The second kappa shape index (κ2) is 14.4. The van der Waals surface area contributed by atoms with Crippen molar-refractivity contribution < 1.29 is 4.42 Å². The highest BCUT2D eigenvalue weighted by atomic mass is 16.3. The van der Waals surface area contributed by atoms with Crippen LogP contribution in [0.2, 0.25) is 0 Å². The molecule has 0 aliphatic rings. The van der Waals surface area contributed by atoms with Crippen LogP contribution in [0.3, 0.4) is 0 Å². The van der Waals surface area contributed by atoms with Gasteiger partial charge in [-0.15, -0.1) is 0 Å². The maximum Gasteiger partial charge on any atom is 0.140 e. The molecule has 0 saturated carbocycles. The molecule has 11 rings (SSSR count). The molecule has 0 bridgehead atoms. The number of furan rings is 1. The van der Waals surface area contributed by atoms with E-state index in [0.29, 0.717) is 0 Å². The summed E-state index contributed by atoms with van der Waals surface area (Å²) in [6.45, 7) is 0. The second-order valence-corrected chi connectivity index (χ2v) is 15.2. The fourth-order valence-electron chi connectivity index (χ4n) is 9.35. The van der Waals surface area contributed by atoms with Gasteiger partial charge in [0.25, 0.3) is 0 Å². The number of hydrogen-bond acceptors (Lipinski definition) is 2. The van der Waals surface area contributed by atoms with Crippen molar-refractivity contribution in [3.05, 3.63) is 259 Å². The highest BCUT2D eigenvalue weighted by Gasteiger charge is 2.41. The minimum absolute atomic E-state index is 0.684. The predicted octanol–water partition coefficient (Wildman–Crippen LogP) is 15.4. The van der Waals surface area contributed by atoms with E-state index in [1.165, 1.54) is 43.8 Å².